The highest BCUT2D eigenvalue weighted by atomic mass is 16.5. The summed E-state index contributed by atoms with van der Waals surface area (Å²) in [6.07, 6.45) is 1.80. The maximum atomic E-state index is 10.9. The first-order valence-electron chi connectivity index (χ1n) is 4.08. The smallest absolute Gasteiger partial charge is 0.331 e. The summed E-state index contributed by atoms with van der Waals surface area (Å²) < 4.78 is 4.43. The average Bonchev–Trinajstić information content (AvgIpc) is 2.26. The van der Waals surface area contributed by atoms with Crippen molar-refractivity contribution < 1.29 is 14.3 Å². The molecule has 72 valence electrons. The van der Waals surface area contributed by atoms with E-state index in [1.54, 1.807) is 24.3 Å². The molecular formula is C11H10O3. The summed E-state index contributed by atoms with van der Waals surface area (Å²) in [5, 5.41) is 0. The molecule has 0 aliphatic carbocycles. The number of rotatable bonds is 3. The summed E-state index contributed by atoms with van der Waals surface area (Å²) in [6.45, 7) is 0. The number of hydrogen-bond donors (Lipinski definition) is 0. The number of ether oxygens (including phenoxy) is 1. The molecule has 1 aromatic rings. The highest BCUT2D eigenvalue weighted by Gasteiger charge is 2.02. The van der Waals surface area contributed by atoms with E-state index >= 15 is 0 Å². The van der Waals surface area contributed by atoms with Gasteiger partial charge in [-0.05, 0) is 5.56 Å². The van der Waals surface area contributed by atoms with Crippen LogP contribution in [0.3, 0.4) is 0 Å². The van der Waals surface area contributed by atoms with Gasteiger partial charge in [0.15, 0.2) is 6.29 Å². The van der Waals surface area contributed by atoms with Crippen molar-refractivity contribution in [2.24, 2.45) is 0 Å². The summed E-state index contributed by atoms with van der Waals surface area (Å²) in [5.41, 5.74) is 1.02. The van der Waals surface area contributed by atoms with Crippen molar-refractivity contribution in [2.45, 2.75) is 0 Å². The number of methoxy groups -OCH3 is 1. The van der Waals surface area contributed by atoms with Gasteiger partial charge in [0, 0.05) is 11.6 Å². The van der Waals surface area contributed by atoms with Crippen molar-refractivity contribution in [2.75, 3.05) is 7.11 Å². The van der Waals surface area contributed by atoms with Gasteiger partial charge >= 0.3 is 5.97 Å². The maximum Gasteiger partial charge on any atom is 0.331 e. The van der Waals surface area contributed by atoms with Gasteiger partial charge in [-0.3, -0.25) is 4.79 Å². The molecule has 0 saturated carbocycles. The number of benzene rings is 1. The fourth-order valence-electron chi connectivity index (χ4n) is 1.00. The molecule has 0 amide bonds. The van der Waals surface area contributed by atoms with Crippen LogP contribution in [-0.4, -0.2) is 19.4 Å². The Morgan fingerprint density at radius 2 is 1.93 bits per heavy atom. The number of allylic oxidation sites excluding steroid dienone is 1. The van der Waals surface area contributed by atoms with Gasteiger partial charge in [0.05, 0.1) is 7.11 Å². The highest BCUT2D eigenvalue weighted by molar-refractivity contribution is 6.12. The molecule has 1 aromatic carbocycles. The first kappa shape index (κ1) is 10.2. The Morgan fingerprint density at radius 1 is 1.29 bits per heavy atom. The molecule has 0 bridgehead atoms. The lowest BCUT2D eigenvalue weighted by Crippen LogP contribution is -1.97. The van der Waals surface area contributed by atoms with Crippen LogP contribution in [0.25, 0.3) is 5.57 Å². The molecule has 0 fully saturated rings. The minimum absolute atomic E-state index is 0.317. The van der Waals surface area contributed by atoms with Gasteiger partial charge in [0.25, 0.3) is 0 Å². The Balaban J connectivity index is 2.99. The minimum Gasteiger partial charge on any atom is -0.466 e. The van der Waals surface area contributed by atoms with E-state index in [1.165, 1.54) is 13.2 Å². The third-order valence-electron chi connectivity index (χ3n) is 1.71. The zero-order valence-electron chi connectivity index (χ0n) is 7.77. The van der Waals surface area contributed by atoms with Gasteiger partial charge in [-0.2, -0.15) is 0 Å². The van der Waals surface area contributed by atoms with E-state index < -0.39 is 5.97 Å². The van der Waals surface area contributed by atoms with E-state index in [9.17, 15) is 9.59 Å². The van der Waals surface area contributed by atoms with Crippen LogP contribution in [0.15, 0.2) is 36.4 Å². The van der Waals surface area contributed by atoms with Crippen LogP contribution < -0.4 is 0 Å². The average molecular weight is 190 g/mol. The summed E-state index contributed by atoms with van der Waals surface area (Å²) in [6, 6.07) is 8.93. The SMILES string of the molecule is COC(=O)/C=C(\C=O)c1ccccc1. The van der Waals surface area contributed by atoms with Gasteiger partial charge in [-0.15, -0.1) is 0 Å². The quantitative estimate of drug-likeness (QED) is 0.411. The molecule has 0 unspecified atom stereocenters. The topological polar surface area (TPSA) is 43.4 Å². The molecule has 0 N–H and O–H groups in total. The number of carbonyl (C=O) groups is 2. The van der Waals surface area contributed by atoms with Crippen molar-refractivity contribution >= 4 is 17.8 Å². The third kappa shape index (κ3) is 2.55. The Bertz CT molecular complexity index is 352. The predicted molar refractivity (Wildman–Crippen MR) is 52.5 cm³/mol. The van der Waals surface area contributed by atoms with Crippen molar-refractivity contribution in [1.82, 2.24) is 0 Å². The molecule has 0 spiro atoms. The summed E-state index contributed by atoms with van der Waals surface area (Å²) >= 11 is 0. The normalized spacial score (nSPS) is 10.8. The molecule has 0 saturated heterocycles. The fraction of sp³-hybridized carbons (Fsp3) is 0.0909. The minimum atomic E-state index is -0.532. The van der Waals surface area contributed by atoms with Crippen molar-refractivity contribution in [3.63, 3.8) is 0 Å². The number of carbonyl (C=O) groups excluding carboxylic acids is 2. The van der Waals surface area contributed by atoms with Gasteiger partial charge in [-0.1, -0.05) is 30.3 Å². The highest BCUT2D eigenvalue weighted by Crippen LogP contribution is 2.10. The molecule has 3 heteroatoms. The predicted octanol–water partition coefficient (Wildman–Crippen LogP) is 1.44. The van der Waals surface area contributed by atoms with Crippen LogP contribution in [0, 0.1) is 0 Å². The largest absolute Gasteiger partial charge is 0.466 e. The molecule has 14 heavy (non-hydrogen) atoms. The molecule has 0 aromatic heterocycles. The fourth-order valence-corrected chi connectivity index (χ4v) is 1.00. The number of aldehydes is 1. The Labute approximate surface area is 82.0 Å². The van der Waals surface area contributed by atoms with E-state index in [0.717, 1.165) is 0 Å². The lowest BCUT2D eigenvalue weighted by Gasteiger charge is -1.98. The Kier molecular flexibility index (Phi) is 3.61. The van der Waals surface area contributed by atoms with Gasteiger partial charge < -0.3 is 4.74 Å². The first-order valence-corrected chi connectivity index (χ1v) is 4.08. The molecule has 3 nitrogen and oxygen atoms in total. The molecular weight excluding hydrogens is 180 g/mol. The van der Waals surface area contributed by atoms with Gasteiger partial charge in [-0.25, -0.2) is 4.79 Å². The summed E-state index contributed by atoms with van der Waals surface area (Å²) in [5.74, 6) is -0.532. The molecule has 0 heterocycles. The second kappa shape index (κ2) is 4.97. The second-order valence-electron chi connectivity index (χ2n) is 2.61. The molecule has 0 aliphatic heterocycles. The van der Waals surface area contributed by atoms with Crippen LogP contribution in [0.5, 0.6) is 0 Å². The van der Waals surface area contributed by atoms with Crippen LogP contribution in [0.4, 0.5) is 0 Å². The molecule has 1 rings (SSSR count). The van der Waals surface area contributed by atoms with Crippen molar-refractivity contribution in [3.05, 3.63) is 42.0 Å². The van der Waals surface area contributed by atoms with E-state index in [4.69, 9.17) is 0 Å². The van der Waals surface area contributed by atoms with E-state index in [1.807, 2.05) is 6.07 Å². The van der Waals surface area contributed by atoms with Gasteiger partial charge in [0.1, 0.15) is 0 Å². The van der Waals surface area contributed by atoms with Crippen LogP contribution in [-0.2, 0) is 14.3 Å². The number of hydrogen-bond acceptors (Lipinski definition) is 3. The first-order chi connectivity index (χ1) is 6.77. The standard InChI is InChI=1S/C11H10O3/c1-14-11(13)7-10(8-12)9-5-3-2-4-6-9/h2-8H,1H3/b10-7+. The molecule has 0 radical (unpaired) electrons. The monoisotopic (exact) mass is 190 g/mol. The van der Waals surface area contributed by atoms with E-state index in [-0.39, 0.29) is 0 Å². The van der Waals surface area contributed by atoms with E-state index in [0.29, 0.717) is 17.4 Å². The third-order valence-corrected chi connectivity index (χ3v) is 1.71. The van der Waals surface area contributed by atoms with E-state index in [2.05, 4.69) is 4.74 Å². The van der Waals surface area contributed by atoms with Crippen LogP contribution >= 0.6 is 0 Å². The van der Waals surface area contributed by atoms with Crippen LogP contribution in [0.1, 0.15) is 5.56 Å². The molecule has 0 atom stereocenters. The summed E-state index contributed by atoms with van der Waals surface area (Å²) in [7, 11) is 1.27. The lowest BCUT2D eigenvalue weighted by molar-refractivity contribution is -0.134. The second-order valence-corrected chi connectivity index (χ2v) is 2.61. The maximum absolute atomic E-state index is 10.9. The zero-order valence-corrected chi connectivity index (χ0v) is 7.77. The zero-order chi connectivity index (χ0) is 10.4. The lowest BCUT2D eigenvalue weighted by atomic mass is 10.1. The Morgan fingerprint density at radius 3 is 2.43 bits per heavy atom. The van der Waals surface area contributed by atoms with Gasteiger partial charge in [0.2, 0.25) is 0 Å². The number of esters is 1. The summed E-state index contributed by atoms with van der Waals surface area (Å²) in [4.78, 5) is 21.6. The van der Waals surface area contributed by atoms with Crippen molar-refractivity contribution in [1.29, 1.82) is 0 Å². The molecule has 0 aliphatic rings. The van der Waals surface area contributed by atoms with Crippen molar-refractivity contribution in [3.8, 4) is 0 Å². The Hall–Kier alpha value is -1.90. The van der Waals surface area contributed by atoms with Crippen LogP contribution in [0.2, 0.25) is 0 Å².